The third-order valence-electron chi connectivity index (χ3n) is 9.83. The van der Waals surface area contributed by atoms with Crippen molar-refractivity contribution >= 4 is 52.8 Å². The van der Waals surface area contributed by atoms with Crippen LogP contribution in [0.3, 0.4) is 0 Å². The van der Waals surface area contributed by atoms with Gasteiger partial charge in [-0.3, -0.25) is 43.7 Å². The van der Waals surface area contributed by atoms with E-state index < -0.39 is 119 Å². The molecule has 2 aromatic carbocycles. The Morgan fingerprint density at radius 1 is 0.787 bits per heavy atom. The number of carbonyl (C=O) groups is 7. The van der Waals surface area contributed by atoms with E-state index in [9.17, 15) is 53.9 Å². The number of rotatable bonds is 25. The zero-order chi connectivity index (χ0) is 46.1. The van der Waals surface area contributed by atoms with E-state index >= 15 is 0 Å². The maximum Gasteiger partial charge on any atom is 0.310 e. The summed E-state index contributed by atoms with van der Waals surface area (Å²) in [5, 5.41) is 56.5. The topological polar surface area (TPSA) is 348 Å². The van der Waals surface area contributed by atoms with Gasteiger partial charge in [0.15, 0.2) is 5.75 Å². The molecule has 336 valence electrons. The fraction of sp³-hybridized carbons (Fsp3) is 0.525. The number of nitrogen functional groups attached to an aromatic ring is 1. The highest BCUT2D eigenvalue weighted by molar-refractivity contribution is 5.96. The molecule has 0 unspecified atom stereocenters. The molecule has 13 N–H and O–H groups in total. The fourth-order valence-corrected chi connectivity index (χ4v) is 6.10. The molecule has 6 amide bonds. The number of phenols is 1. The number of amides is 6. The van der Waals surface area contributed by atoms with Crippen LogP contribution in [0.4, 0.5) is 11.4 Å². The summed E-state index contributed by atoms with van der Waals surface area (Å²) in [4.78, 5) is 102. The second-order valence-electron chi connectivity index (χ2n) is 15.3. The Labute approximate surface area is 353 Å². The third kappa shape index (κ3) is 16.3. The van der Waals surface area contributed by atoms with Gasteiger partial charge in [0, 0.05) is 31.1 Å². The minimum Gasteiger partial charge on any atom is -0.502 e. The smallest absolute Gasteiger partial charge is 0.310 e. The molecule has 0 aromatic heterocycles. The number of nitrogens with zero attached hydrogens (tertiary/aromatic N) is 1. The lowest BCUT2D eigenvalue weighted by Gasteiger charge is -2.29. The van der Waals surface area contributed by atoms with E-state index in [1.807, 2.05) is 39.8 Å². The van der Waals surface area contributed by atoms with Gasteiger partial charge >= 0.3 is 11.7 Å². The van der Waals surface area contributed by atoms with Gasteiger partial charge in [0.25, 0.3) is 0 Å². The molecule has 0 saturated heterocycles. The molecule has 8 atom stereocenters. The molecule has 0 aliphatic carbocycles. The van der Waals surface area contributed by atoms with Crippen molar-refractivity contribution in [2.24, 2.45) is 17.6 Å². The van der Waals surface area contributed by atoms with Crippen molar-refractivity contribution in [1.29, 1.82) is 0 Å². The van der Waals surface area contributed by atoms with Crippen LogP contribution in [0, 0.1) is 22.0 Å². The molecule has 21 heteroatoms. The lowest BCUT2D eigenvalue weighted by atomic mass is 9.96. The number of hydrogen-bond donors (Lipinski definition) is 11. The highest BCUT2D eigenvalue weighted by Gasteiger charge is 2.35. The van der Waals surface area contributed by atoms with Gasteiger partial charge in [0.1, 0.15) is 30.2 Å². The lowest BCUT2D eigenvalue weighted by molar-refractivity contribution is -0.385. The average molecular weight is 858 g/mol. The van der Waals surface area contributed by atoms with Crippen LogP contribution in [-0.2, 0) is 46.5 Å². The molecule has 0 aliphatic heterocycles. The summed E-state index contributed by atoms with van der Waals surface area (Å²) in [6.07, 6.45) is -2.14. The molecule has 0 heterocycles. The van der Waals surface area contributed by atoms with Gasteiger partial charge in [-0.15, -0.1) is 0 Å². The highest BCUT2D eigenvalue weighted by atomic mass is 16.6. The third-order valence-corrected chi connectivity index (χ3v) is 9.83. The second-order valence-corrected chi connectivity index (χ2v) is 15.3. The quantitative estimate of drug-likeness (QED) is 0.0352. The molecule has 0 bridgehead atoms. The molecule has 61 heavy (non-hydrogen) atoms. The molecular weight excluding hydrogens is 798 g/mol. The summed E-state index contributed by atoms with van der Waals surface area (Å²) in [6, 6.07) is 2.30. The number of nitro groups is 1. The first-order chi connectivity index (χ1) is 28.5. The van der Waals surface area contributed by atoms with E-state index in [-0.39, 0.29) is 30.4 Å². The van der Waals surface area contributed by atoms with Crippen LogP contribution in [0.15, 0.2) is 42.5 Å². The number of phenolic OH excluding ortho intramolecular Hbond substituents is 1. The predicted molar refractivity (Wildman–Crippen MR) is 222 cm³/mol. The van der Waals surface area contributed by atoms with Gasteiger partial charge in [-0.1, -0.05) is 58.4 Å². The van der Waals surface area contributed by atoms with E-state index in [0.29, 0.717) is 12.1 Å². The van der Waals surface area contributed by atoms with Gasteiger partial charge in [0.2, 0.25) is 35.4 Å². The van der Waals surface area contributed by atoms with Crippen LogP contribution < -0.4 is 43.4 Å². The number of nitro benzene ring substituents is 1. The Morgan fingerprint density at radius 2 is 1.38 bits per heavy atom. The molecule has 0 saturated carbocycles. The van der Waals surface area contributed by atoms with E-state index in [1.54, 1.807) is 12.1 Å². The number of carbonyl (C=O) groups excluding carboxylic acids is 6. The maximum atomic E-state index is 13.7. The monoisotopic (exact) mass is 857 g/mol. The highest BCUT2D eigenvalue weighted by Crippen LogP contribution is 2.27. The van der Waals surface area contributed by atoms with Crippen LogP contribution >= 0.6 is 0 Å². The van der Waals surface area contributed by atoms with Crippen LogP contribution in [0.1, 0.15) is 78.4 Å². The summed E-state index contributed by atoms with van der Waals surface area (Å²) in [5.74, 6) is -7.63. The van der Waals surface area contributed by atoms with E-state index in [4.69, 9.17) is 16.6 Å². The molecular formula is C40H59N9O12. The number of nitrogens with two attached hydrogens (primary N) is 2. The first-order valence-electron chi connectivity index (χ1n) is 19.8. The number of nitrogens with one attached hydrogen (secondary N) is 6. The Bertz CT molecular complexity index is 1890. The minimum absolute atomic E-state index is 0.0786. The van der Waals surface area contributed by atoms with Crippen molar-refractivity contribution in [3.8, 4) is 5.75 Å². The van der Waals surface area contributed by atoms with Gasteiger partial charge in [-0.2, -0.15) is 0 Å². The Balaban J connectivity index is 2.28. The average Bonchev–Trinajstić information content (AvgIpc) is 3.18. The molecule has 0 spiro atoms. The Hall–Kier alpha value is -6.35. The number of anilines is 1. The maximum absolute atomic E-state index is 13.7. The van der Waals surface area contributed by atoms with Crippen LogP contribution in [0.5, 0.6) is 5.75 Å². The van der Waals surface area contributed by atoms with Crippen molar-refractivity contribution in [2.45, 2.75) is 123 Å². The molecule has 21 nitrogen and oxygen atoms in total. The fourth-order valence-electron chi connectivity index (χ4n) is 6.10. The largest absolute Gasteiger partial charge is 0.502 e. The number of carboxylic acids is 1. The lowest BCUT2D eigenvalue weighted by Crippen LogP contribution is -2.61. The second kappa shape index (κ2) is 24.0. The van der Waals surface area contributed by atoms with Crippen molar-refractivity contribution in [3.05, 3.63) is 63.7 Å². The Morgan fingerprint density at radius 3 is 1.93 bits per heavy atom. The van der Waals surface area contributed by atoms with Crippen LogP contribution in [-0.4, -0.2) is 104 Å². The van der Waals surface area contributed by atoms with Gasteiger partial charge in [0.05, 0.1) is 17.1 Å². The molecule has 0 fully saturated rings. The minimum atomic E-state index is -1.64. The number of para-hydroxylation sites is 1. The summed E-state index contributed by atoms with van der Waals surface area (Å²) in [5.41, 5.74) is 12.1. The molecule has 0 radical (unpaired) electrons. The van der Waals surface area contributed by atoms with Gasteiger partial charge < -0.3 is 58.7 Å². The zero-order valence-electron chi connectivity index (χ0n) is 35.1. The Kier molecular flexibility index (Phi) is 20.0. The van der Waals surface area contributed by atoms with Gasteiger partial charge in [-0.25, -0.2) is 0 Å². The number of carboxylic acid groups (broad SMARTS) is 1. The van der Waals surface area contributed by atoms with Crippen molar-refractivity contribution in [1.82, 2.24) is 31.9 Å². The normalized spacial score (nSPS) is 15.1. The molecule has 2 aromatic rings. The molecule has 0 aliphatic rings. The SMILES string of the molecule is CC[C@H](C)[C@H](NCc1ccccc1N)C(=O)N[C@@H](CC(C)C)C(=O)N[C@H](C(=O)N[C@@H](C)C(=O)N[C@@H](Cc1ccc(O)c([N+](=O)[O-])c1)C(=O)N[C@@H](CCC(=O)O)C(N)=O)[C@@H](C)O. The number of aliphatic carboxylic acids is 1. The first-order valence-corrected chi connectivity index (χ1v) is 19.8. The van der Waals surface area contributed by atoms with Crippen molar-refractivity contribution < 1.29 is 53.8 Å². The summed E-state index contributed by atoms with van der Waals surface area (Å²) in [7, 11) is 0. The van der Waals surface area contributed by atoms with Crippen molar-refractivity contribution in [3.63, 3.8) is 0 Å². The van der Waals surface area contributed by atoms with Crippen molar-refractivity contribution in [2.75, 3.05) is 5.73 Å². The van der Waals surface area contributed by atoms with E-state index in [2.05, 4.69) is 31.9 Å². The van der Waals surface area contributed by atoms with Gasteiger partial charge in [-0.05, 0) is 61.8 Å². The number of aromatic hydroxyl groups is 1. The predicted octanol–water partition coefficient (Wildman–Crippen LogP) is -0.149. The van der Waals surface area contributed by atoms with Crippen LogP contribution in [0.2, 0.25) is 0 Å². The number of primary amides is 1. The van der Waals surface area contributed by atoms with E-state index in [0.717, 1.165) is 17.7 Å². The summed E-state index contributed by atoms with van der Waals surface area (Å²) < 4.78 is 0. The number of hydrogen-bond acceptors (Lipinski definition) is 13. The number of aliphatic hydroxyl groups is 1. The zero-order valence-corrected chi connectivity index (χ0v) is 35.1. The van der Waals surface area contributed by atoms with Crippen LogP contribution in [0.25, 0.3) is 0 Å². The van der Waals surface area contributed by atoms with E-state index in [1.165, 1.54) is 19.9 Å². The first kappa shape index (κ1) is 50.8. The summed E-state index contributed by atoms with van der Waals surface area (Å²) >= 11 is 0. The number of aliphatic hydroxyl groups excluding tert-OH is 1. The summed E-state index contributed by atoms with van der Waals surface area (Å²) in [6.45, 7) is 10.2. The molecule has 2 rings (SSSR count). The number of benzene rings is 2. The standard InChI is InChI=1S/C40H59N9O12/c1-7-21(4)33(43-19-25-10-8-9-11-26(25)41)39(58)47-28(16-20(2)3)38(57)48-34(23(6)50)40(59)44-22(5)36(55)46-29(17-24-12-14-31(51)30(18-24)49(60)61)37(56)45-27(35(42)54)13-15-32(52)53/h8-12,14,18,20-23,27-29,33-34,43,50-51H,7,13,15-17,19,41H2,1-6H3,(H2,42,54)(H,44,59)(H,45,56)(H,46,55)(H,47,58)(H,48,57)(H,52,53)/t21-,22-,23+,27-,28-,29-,33-,34-/m0/s1.